The van der Waals surface area contributed by atoms with Crippen LogP contribution in [0.2, 0.25) is 5.15 Å². The summed E-state index contributed by atoms with van der Waals surface area (Å²) >= 11 is 5.86. The van der Waals surface area contributed by atoms with E-state index >= 15 is 0 Å². The number of rotatable bonds is 4. The number of aromatic nitrogens is 1. The molecule has 110 valence electrons. The first-order chi connectivity index (χ1) is 10.0. The molecule has 3 N–H and O–H groups in total. The molecule has 21 heavy (non-hydrogen) atoms. The van der Waals surface area contributed by atoms with E-state index in [1.54, 1.807) is 12.1 Å². The molecule has 0 aliphatic heterocycles. The summed E-state index contributed by atoms with van der Waals surface area (Å²) in [6.07, 6.45) is 0. The highest BCUT2D eigenvalue weighted by molar-refractivity contribution is 6.30. The molecule has 1 aromatic carbocycles. The van der Waals surface area contributed by atoms with Crippen LogP contribution in [0.5, 0.6) is 0 Å². The number of anilines is 2. The van der Waals surface area contributed by atoms with Gasteiger partial charge >= 0.3 is 0 Å². The van der Waals surface area contributed by atoms with Gasteiger partial charge in [0.15, 0.2) is 0 Å². The van der Waals surface area contributed by atoms with Gasteiger partial charge in [0.05, 0.1) is 0 Å². The van der Waals surface area contributed by atoms with Crippen LogP contribution in [0.3, 0.4) is 0 Å². The lowest BCUT2D eigenvalue weighted by Gasteiger charge is -2.21. The third kappa shape index (κ3) is 3.48. The highest BCUT2D eigenvalue weighted by atomic mass is 35.5. The summed E-state index contributed by atoms with van der Waals surface area (Å²) in [5.41, 5.74) is 3.29. The molecule has 1 aromatic heterocycles. The Morgan fingerprint density at radius 3 is 2.62 bits per heavy atom. The second kappa shape index (κ2) is 6.51. The number of hydrazine groups is 1. The van der Waals surface area contributed by atoms with Crippen LogP contribution < -0.4 is 16.2 Å². The van der Waals surface area contributed by atoms with Crippen molar-refractivity contribution in [3.63, 3.8) is 0 Å². The Morgan fingerprint density at radius 2 is 2.05 bits per heavy atom. The number of nitrogen functional groups attached to an aromatic ring is 1. The van der Waals surface area contributed by atoms with Crippen LogP contribution in [0, 0.1) is 5.82 Å². The van der Waals surface area contributed by atoms with Crippen LogP contribution in [0.4, 0.5) is 15.9 Å². The fraction of sp³-hybridized carbons (Fsp3) is 0.143. The Morgan fingerprint density at radius 1 is 1.38 bits per heavy atom. The van der Waals surface area contributed by atoms with Gasteiger partial charge in [0.25, 0.3) is 5.91 Å². The zero-order chi connectivity index (χ0) is 15.4. The predicted octanol–water partition coefficient (Wildman–Crippen LogP) is 2.83. The quantitative estimate of drug-likeness (QED) is 0.517. The first-order valence-corrected chi connectivity index (χ1v) is 6.64. The van der Waals surface area contributed by atoms with E-state index in [0.717, 1.165) is 0 Å². The molecule has 5 nitrogen and oxygen atoms in total. The van der Waals surface area contributed by atoms with Crippen molar-refractivity contribution < 1.29 is 9.18 Å². The summed E-state index contributed by atoms with van der Waals surface area (Å²) in [6.45, 7) is 2.25. The Bertz CT molecular complexity index is 648. The van der Waals surface area contributed by atoms with E-state index in [1.807, 2.05) is 6.92 Å². The van der Waals surface area contributed by atoms with E-state index in [-0.39, 0.29) is 16.9 Å². The number of carbonyl (C=O) groups excluding carboxylic acids is 1. The highest BCUT2D eigenvalue weighted by Crippen LogP contribution is 2.20. The van der Waals surface area contributed by atoms with Crippen LogP contribution in [0.15, 0.2) is 36.4 Å². The number of halogens is 2. The van der Waals surface area contributed by atoms with Crippen LogP contribution in [-0.2, 0) is 0 Å². The third-order valence-corrected chi connectivity index (χ3v) is 3.08. The first kappa shape index (κ1) is 15.2. The summed E-state index contributed by atoms with van der Waals surface area (Å²) in [7, 11) is 0. The largest absolute Gasteiger partial charge is 0.309 e. The van der Waals surface area contributed by atoms with Gasteiger partial charge in [-0.15, -0.1) is 0 Å². The third-order valence-electron chi connectivity index (χ3n) is 2.89. The van der Waals surface area contributed by atoms with Crippen molar-refractivity contribution in [1.82, 2.24) is 4.98 Å². The number of nitrogens with two attached hydrogens (primary N) is 1. The van der Waals surface area contributed by atoms with Crippen LogP contribution >= 0.6 is 11.6 Å². The zero-order valence-corrected chi connectivity index (χ0v) is 12.1. The van der Waals surface area contributed by atoms with E-state index in [1.165, 1.54) is 29.2 Å². The lowest BCUT2D eigenvalue weighted by molar-refractivity contribution is 0.0988. The molecule has 7 heteroatoms. The van der Waals surface area contributed by atoms with Gasteiger partial charge in [-0.2, -0.15) is 0 Å². The number of nitrogens with zero attached hydrogens (tertiary/aromatic N) is 2. The van der Waals surface area contributed by atoms with Crippen molar-refractivity contribution in [2.24, 2.45) is 5.84 Å². The molecule has 0 aliphatic rings. The second-order valence-electron chi connectivity index (χ2n) is 4.23. The molecule has 0 aliphatic carbocycles. The Labute approximate surface area is 126 Å². The number of hydrogen-bond acceptors (Lipinski definition) is 4. The molecular formula is C14H14ClFN4O. The molecule has 2 rings (SSSR count). The lowest BCUT2D eigenvalue weighted by Crippen LogP contribution is -2.30. The molecule has 0 spiro atoms. The fourth-order valence-electron chi connectivity index (χ4n) is 1.91. The SMILES string of the molecule is CCN(C(=O)c1cc(Cl)nc(NN)c1)c1ccc(F)cc1. The average Bonchev–Trinajstić information content (AvgIpc) is 2.49. The van der Waals surface area contributed by atoms with E-state index in [2.05, 4.69) is 10.4 Å². The normalized spacial score (nSPS) is 10.3. The molecule has 0 fully saturated rings. The van der Waals surface area contributed by atoms with Crippen molar-refractivity contribution >= 4 is 29.0 Å². The smallest absolute Gasteiger partial charge is 0.258 e. The molecule has 1 heterocycles. The number of nitrogens with one attached hydrogen (secondary N) is 1. The Balaban J connectivity index is 2.36. The topological polar surface area (TPSA) is 71.2 Å². The molecule has 0 unspecified atom stereocenters. The lowest BCUT2D eigenvalue weighted by atomic mass is 10.2. The standard InChI is InChI=1S/C14H14ClFN4O/c1-2-20(11-5-3-10(16)4-6-11)14(21)9-7-12(15)18-13(8-9)19-17/h3-8H,2,17H2,1H3,(H,18,19). The monoisotopic (exact) mass is 308 g/mol. The fourth-order valence-corrected chi connectivity index (χ4v) is 2.12. The molecular weight excluding hydrogens is 295 g/mol. The van der Waals surface area contributed by atoms with Crippen LogP contribution in [-0.4, -0.2) is 17.4 Å². The van der Waals surface area contributed by atoms with Gasteiger partial charge in [0.1, 0.15) is 16.8 Å². The van der Waals surface area contributed by atoms with Crippen molar-refractivity contribution in [2.75, 3.05) is 16.9 Å². The number of hydrogen-bond donors (Lipinski definition) is 2. The van der Waals surface area contributed by atoms with Crippen molar-refractivity contribution in [3.05, 3.63) is 52.9 Å². The summed E-state index contributed by atoms with van der Waals surface area (Å²) in [4.78, 5) is 18.0. The van der Waals surface area contributed by atoms with E-state index < -0.39 is 0 Å². The molecule has 1 amide bonds. The molecule has 0 bridgehead atoms. The molecule has 0 saturated carbocycles. The summed E-state index contributed by atoms with van der Waals surface area (Å²) in [6, 6.07) is 8.65. The second-order valence-corrected chi connectivity index (χ2v) is 4.62. The zero-order valence-electron chi connectivity index (χ0n) is 11.3. The molecule has 2 aromatic rings. The average molecular weight is 309 g/mol. The molecule has 0 radical (unpaired) electrons. The summed E-state index contributed by atoms with van der Waals surface area (Å²) in [5.74, 6) is 4.95. The van der Waals surface area contributed by atoms with Crippen molar-refractivity contribution in [2.45, 2.75) is 6.92 Å². The van der Waals surface area contributed by atoms with Gasteiger partial charge in [-0.05, 0) is 43.3 Å². The minimum Gasteiger partial charge on any atom is -0.309 e. The van der Waals surface area contributed by atoms with Crippen LogP contribution in [0.25, 0.3) is 0 Å². The van der Waals surface area contributed by atoms with Gasteiger partial charge in [-0.1, -0.05) is 11.6 Å². The predicted molar refractivity (Wildman–Crippen MR) is 80.8 cm³/mol. The molecule has 0 saturated heterocycles. The maximum absolute atomic E-state index is 13.0. The Kier molecular flexibility index (Phi) is 4.72. The van der Waals surface area contributed by atoms with Gasteiger partial charge < -0.3 is 10.3 Å². The Hall–Kier alpha value is -2.18. The first-order valence-electron chi connectivity index (χ1n) is 6.26. The van der Waals surface area contributed by atoms with Crippen molar-refractivity contribution in [3.8, 4) is 0 Å². The minimum absolute atomic E-state index is 0.156. The number of benzene rings is 1. The van der Waals surface area contributed by atoms with Gasteiger partial charge in [-0.3, -0.25) is 4.79 Å². The summed E-state index contributed by atoms with van der Waals surface area (Å²) < 4.78 is 13.0. The molecule has 0 atom stereocenters. The van der Waals surface area contributed by atoms with Gasteiger partial charge in [0, 0.05) is 17.8 Å². The maximum Gasteiger partial charge on any atom is 0.258 e. The number of amides is 1. The number of carbonyl (C=O) groups is 1. The van der Waals surface area contributed by atoms with Gasteiger partial charge in [0.2, 0.25) is 0 Å². The van der Waals surface area contributed by atoms with Crippen LogP contribution in [0.1, 0.15) is 17.3 Å². The van der Waals surface area contributed by atoms with Gasteiger partial charge in [-0.25, -0.2) is 15.2 Å². The number of pyridine rings is 1. The maximum atomic E-state index is 13.0. The summed E-state index contributed by atoms with van der Waals surface area (Å²) in [5, 5.41) is 0.156. The highest BCUT2D eigenvalue weighted by Gasteiger charge is 2.17. The van der Waals surface area contributed by atoms with E-state index in [4.69, 9.17) is 17.4 Å². The van der Waals surface area contributed by atoms with Crippen molar-refractivity contribution in [1.29, 1.82) is 0 Å². The van der Waals surface area contributed by atoms with E-state index in [0.29, 0.717) is 23.6 Å². The minimum atomic E-state index is -0.358. The van der Waals surface area contributed by atoms with E-state index in [9.17, 15) is 9.18 Å².